The molecule has 2 N–H and O–H groups in total. The van der Waals surface area contributed by atoms with E-state index in [1.54, 1.807) is 0 Å². The molecule has 0 fully saturated rings. The Hall–Kier alpha value is -0.100. The number of hydrogen-bond donors (Lipinski definition) is 2. The number of rotatable bonds is 8. The molecule has 0 rings (SSSR count). The van der Waals surface area contributed by atoms with E-state index >= 15 is 0 Å². The van der Waals surface area contributed by atoms with Gasteiger partial charge in [0.1, 0.15) is 19.3 Å². The van der Waals surface area contributed by atoms with Gasteiger partial charge in [-0.15, -0.1) is 9.05 Å². The minimum absolute atomic E-state index is 0.184. The molecule has 0 bridgehead atoms. The van der Waals surface area contributed by atoms with Crippen molar-refractivity contribution in [3.05, 3.63) is 0 Å². The first-order valence-electron chi connectivity index (χ1n) is 4.67. The number of likely N-dealkylation sites (N-methyl/N-ethyl adjacent to an activating group) is 1. The van der Waals surface area contributed by atoms with E-state index in [4.69, 9.17) is 14.7 Å². The Morgan fingerprint density at radius 1 is 1.33 bits per heavy atom. The molecule has 0 saturated heterocycles. The molecule has 0 aromatic heterocycles. The second-order valence-corrected chi connectivity index (χ2v) is 5.17. The molecule has 2 atom stereocenters. The predicted molar refractivity (Wildman–Crippen MR) is 55.5 cm³/mol. The van der Waals surface area contributed by atoms with Crippen LogP contribution in [0.1, 0.15) is 0 Å². The van der Waals surface area contributed by atoms with E-state index < -0.39 is 21.0 Å². The molecule has 0 amide bonds. The predicted octanol–water partition coefficient (Wildman–Crippen LogP) is -0.264. The van der Waals surface area contributed by atoms with E-state index in [9.17, 15) is 4.57 Å². The smallest absolute Gasteiger partial charge is 0.394 e. The third-order valence-corrected chi connectivity index (χ3v) is 2.30. The van der Waals surface area contributed by atoms with Gasteiger partial charge in [0, 0.05) is 4.57 Å². The molecular weight excluding hydrogens is 221 g/mol. The molecule has 0 aromatic rings. The van der Waals surface area contributed by atoms with Gasteiger partial charge < -0.3 is 14.7 Å². The third-order valence-electron chi connectivity index (χ3n) is 1.54. The van der Waals surface area contributed by atoms with Crippen LogP contribution in [0.15, 0.2) is 0 Å². The molecule has 0 aliphatic heterocycles. The Balaban J connectivity index is 3.50. The Bertz CT molecular complexity index is 194. The topological polar surface area (TPSA) is 76.0 Å². The van der Waals surface area contributed by atoms with Crippen LogP contribution in [0.3, 0.4) is 0 Å². The molecule has 0 aliphatic rings. The minimum Gasteiger partial charge on any atom is -0.394 e. The van der Waals surface area contributed by atoms with Crippen molar-refractivity contribution in [1.29, 1.82) is 0 Å². The molecule has 0 radical (unpaired) electrons. The summed E-state index contributed by atoms with van der Waals surface area (Å²) >= 11 is 0. The van der Waals surface area contributed by atoms with Gasteiger partial charge in [0.05, 0.1) is 27.7 Å². The Morgan fingerprint density at radius 2 is 1.93 bits per heavy atom. The van der Waals surface area contributed by atoms with Crippen LogP contribution in [0.4, 0.5) is 0 Å². The van der Waals surface area contributed by atoms with Crippen molar-refractivity contribution in [3.8, 4) is 0 Å². The van der Waals surface area contributed by atoms with E-state index in [2.05, 4.69) is 4.52 Å². The van der Waals surface area contributed by atoms with Crippen molar-refractivity contribution in [2.24, 2.45) is 0 Å². The van der Waals surface area contributed by atoms with Crippen molar-refractivity contribution in [2.75, 3.05) is 47.5 Å². The molecule has 0 spiro atoms. The van der Waals surface area contributed by atoms with Crippen LogP contribution in [0, 0.1) is 0 Å². The summed E-state index contributed by atoms with van der Waals surface area (Å²) in [6, 6.07) is 0. The number of aliphatic hydroxyl groups is 2. The summed E-state index contributed by atoms with van der Waals surface area (Å²) in [5.74, 6) is 0. The molecular formula is C8H20NO5P+2. The van der Waals surface area contributed by atoms with Gasteiger partial charge in [-0.3, -0.25) is 0 Å². The number of aliphatic hydroxyl groups excluding tert-OH is 2. The van der Waals surface area contributed by atoms with Gasteiger partial charge in [-0.2, -0.15) is 0 Å². The fourth-order valence-corrected chi connectivity index (χ4v) is 1.23. The lowest BCUT2D eigenvalue weighted by Crippen LogP contribution is -2.37. The Kier molecular flexibility index (Phi) is 7.17. The number of nitrogens with zero attached hydrogens (tertiary/aromatic N) is 1. The van der Waals surface area contributed by atoms with Crippen molar-refractivity contribution in [1.82, 2.24) is 0 Å². The van der Waals surface area contributed by atoms with Crippen molar-refractivity contribution in [2.45, 2.75) is 6.10 Å². The molecule has 15 heavy (non-hydrogen) atoms. The molecule has 6 nitrogen and oxygen atoms in total. The van der Waals surface area contributed by atoms with Crippen LogP contribution in [-0.2, 0) is 13.6 Å². The van der Waals surface area contributed by atoms with Gasteiger partial charge in [0.2, 0.25) is 0 Å². The van der Waals surface area contributed by atoms with Crippen LogP contribution in [0.25, 0.3) is 0 Å². The van der Waals surface area contributed by atoms with E-state index in [-0.39, 0.29) is 6.61 Å². The lowest BCUT2D eigenvalue weighted by atomic mass is 10.4. The summed E-state index contributed by atoms with van der Waals surface area (Å²) in [7, 11) is 3.78. The largest absolute Gasteiger partial charge is 0.697 e. The summed E-state index contributed by atoms with van der Waals surface area (Å²) in [6.07, 6.45) is -1.01. The lowest BCUT2D eigenvalue weighted by molar-refractivity contribution is -0.870. The summed E-state index contributed by atoms with van der Waals surface area (Å²) in [5.41, 5.74) is 0. The normalized spacial score (nSPS) is 15.1. The first kappa shape index (κ1) is 14.9. The summed E-state index contributed by atoms with van der Waals surface area (Å²) < 4.78 is 21.3. The maximum atomic E-state index is 11.1. The van der Waals surface area contributed by atoms with Gasteiger partial charge in [0.15, 0.2) is 6.61 Å². The average molecular weight is 241 g/mol. The van der Waals surface area contributed by atoms with Crippen LogP contribution < -0.4 is 0 Å². The summed E-state index contributed by atoms with van der Waals surface area (Å²) in [6.45, 7) is 0.443. The number of hydrogen-bond acceptors (Lipinski definition) is 5. The Morgan fingerprint density at radius 3 is 2.40 bits per heavy atom. The molecule has 0 saturated carbocycles. The first-order chi connectivity index (χ1) is 6.85. The van der Waals surface area contributed by atoms with Gasteiger partial charge in [-0.1, -0.05) is 0 Å². The zero-order valence-electron chi connectivity index (χ0n) is 9.42. The Labute approximate surface area is 91.0 Å². The number of quaternary nitrogens is 1. The first-order valence-corrected chi connectivity index (χ1v) is 5.77. The zero-order chi connectivity index (χ0) is 11.9. The van der Waals surface area contributed by atoms with Crippen LogP contribution >= 0.6 is 8.25 Å². The van der Waals surface area contributed by atoms with E-state index in [1.807, 2.05) is 21.1 Å². The molecule has 1 unspecified atom stereocenters. The van der Waals surface area contributed by atoms with Crippen molar-refractivity contribution in [3.63, 3.8) is 0 Å². The summed E-state index contributed by atoms with van der Waals surface area (Å²) in [4.78, 5) is 0. The highest BCUT2D eigenvalue weighted by atomic mass is 31.1. The standard InChI is InChI=1S/C8H20NO5P/c1-9(2,3)4-5-13-15(12)14-7-8(11)6-10/h8,10-11H,4-7H2,1-3H3/q+2/t8-/m1/s1. The van der Waals surface area contributed by atoms with Crippen molar-refractivity contribution >= 4 is 8.25 Å². The van der Waals surface area contributed by atoms with Crippen molar-refractivity contribution < 1.29 is 28.3 Å². The third kappa shape index (κ3) is 10.2. The van der Waals surface area contributed by atoms with Gasteiger partial charge in [-0.05, 0) is 0 Å². The second kappa shape index (κ2) is 7.22. The van der Waals surface area contributed by atoms with E-state index in [1.165, 1.54) is 0 Å². The average Bonchev–Trinajstić information content (AvgIpc) is 2.12. The fraction of sp³-hybridized carbons (Fsp3) is 1.00. The van der Waals surface area contributed by atoms with E-state index in [0.717, 1.165) is 0 Å². The summed E-state index contributed by atoms with van der Waals surface area (Å²) in [5, 5.41) is 17.4. The SMILES string of the molecule is C[N+](C)(C)CCO[P+](=O)OC[C@H](O)CO. The molecule has 0 aliphatic carbocycles. The molecule has 0 aromatic carbocycles. The van der Waals surface area contributed by atoms with Gasteiger partial charge in [0.25, 0.3) is 0 Å². The highest BCUT2D eigenvalue weighted by Gasteiger charge is 2.23. The maximum Gasteiger partial charge on any atom is 0.697 e. The zero-order valence-corrected chi connectivity index (χ0v) is 10.3. The lowest BCUT2D eigenvalue weighted by Gasteiger charge is -2.21. The van der Waals surface area contributed by atoms with Crippen LogP contribution in [-0.4, -0.2) is 68.3 Å². The minimum atomic E-state index is -2.20. The highest BCUT2D eigenvalue weighted by Crippen LogP contribution is 2.23. The fourth-order valence-electron chi connectivity index (χ4n) is 0.626. The van der Waals surface area contributed by atoms with Crippen LogP contribution in [0.2, 0.25) is 0 Å². The quantitative estimate of drug-likeness (QED) is 0.452. The highest BCUT2D eigenvalue weighted by molar-refractivity contribution is 7.33. The monoisotopic (exact) mass is 241 g/mol. The second-order valence-electron chi connectivity index (χ2n) is 4.20. The van der Waals surface area contributed by atoms with Gasteiger partial charge >= 0.3 is 8.25 Å². The van der Waals surface area contributed by atoms with E-state index in [0.29, 0.717) is 17.6 Å². The molecule has 7 heteroatoms. The maximum absolute atomic E-state index is 11.1. The molecule has 90 valence electrons. The van der Waals surface area contributed by atoms with Gasteiger partial charge in [-0.25, -0.2) is 0 Å². The molecule has 0 heterocycles. The van der Waals surface area contributed by atoms with Crippen LogP contribution in [0.5, 0.6) is 0 Å².